The first-order valence-corrected chi connectivity index (χ1v) is 21.6. The number of carbonyl (C=O) groups is 1. The van der Waals surface area contributed by atoms with Gasteiger partial charge in [0.25, 0.3) is 0 Å². The minimum absolute atomic E-state index is 0.0859. The van der Waals surface area contributed by atoms with Crippen LogP contribution in [0, 0.1) is 67.1 Å². The molecule has 0 amide bonds. The number of fused-ring (bicyclic) bond motifs is 3. The SMILES string of the molecule is CCCCC(CC)COC(=O)c1sc2c(-c3cc4c(-c5c(C)cc(C)cc5C)c5sc(C)cc5c(-c5c(C)cc(C)cc5C)c4s3)sc(C)c2c1F. The topological polar surface area (TPSA) is 26.3 Å². The number of hydrogen-bond donors (Lipinski definition) is 0. The van der Waals surface area contributed by atoms with Gasteiger partial charge in [0.1, 0.15) is 4.88 Å². The van der Waals surface area contributed by atoms with Crippen molar-refractivity contribution in [1.29, 1.82) is 0 Å². The van der Waals surface area contributed by atoms with Gasteiger partial charge < -0.3 is 4.74 Å². The number of esters is 1. The van der Waals surface area contributed by atoms with E-state index in [4.69, 9.17) is 4.74 Å². The highest BCUT2D eigenvalue weighted by Crippen LogP contribution is 2.55. The molecule has 0 saturated heterocycles. The molecule has 7 heteroatoms. The molecule has 4 aromatic heterocycles. The van der Waals surface area contributed by atoms with Gasteiger partial charge in [-0.15, -0.1) is 45.3 Å². The normalized spacial score (nSPS) is 12.5. The molecule has 1 atom stereocenters. The number of unbranched alkanes of at least 4 members (excludes halogenated alkanes) is 1. The van der Waals surface area contributed by atoms with Gasteiger partial charge in [0.05, 0.1) is 16.2 Å². The second kappa shape index (κ2) is 14.5. The van der Waals surface area contributed by atoms with Crippen molar-refractivity contribution in [3.63, 3.8) is 0 Å². The fourth-order valence-electron chi connectivity index (χ4n) is 8.24. The van der Waals surface area contributed by atoms with Gasteiger partial charge in [-0.2, -0.15) is 0 Å². The van der Waals surface area contributed by atoms with E-state index in [1.807, 2.05) is 18.3 Å². The maximum Gasteiger partial charge on any atom is 0.351 e. The number of ether oxygens (including phenoxy) is 1. The van der Waals surface area contributed by atoms with E-state index in [1.54, 1.807) is 22.7 Å². The molecule has 0 radical (unpaired) electrons. The largest absolute Gasteiger partial charge is 0.461 e. The summed E-state index contributed by atoms with van der Waals surface area (Å²) in [5, 5.41) is 3.07. The Bertz CT molecular complexity index is 2360. The highest BCUT2D eigenvalue weighted by molar-refractivity contribution is 7.31. The molecular weight excluding hydrogens is 720 g/mol. The molecule has 0 N–H and O–H groups in total. The first-order valence-electron chi connectivity index (χ1n) is 18.4. The lowest BCUT2D eigenvalue weighted by Crippen LogP contribution is -2.14. The van der Waals surface area contributed by atoms with E-state index in [-0.39, 0.29) is 4.88 Å². The standard InChI is InChI=1S/C45H47FO2S4/c1-11-13-14-30(12-2)21-48-45(47)44-39(46)36-29(10)50-42(43(36)52-44)33-20-32-38(35-26(7)17-23(4)18-27(35)8)40-31(19-28(9)49-40)37(41(32)51-33)34-24(5)15-22(3)16-25(34)6/h15-20,30H,11-14,21H2,1-10H3. The first-order chi connectivity index (χ1) is 24.8. The molecule has 3 aromatic carbocycles. The van der Waals surface area contributed by atoms with Gasteiger partial charge in [-0.05, 0) is 113 Å². The van der Waals surface area contributed by atoms with Gasteiger partial charge in [0, 0.05) is 51.3 Å². The predicted octanol–water partition coefficient (Wildman–Crippen LogP) is 15.4. The van der Waals surface area contributed by atoms with Crippen LogP contribution in [0.2, 0.25) is 0 Å². The summed E-state index contributed by atoms with van der Waals surface area (Å²) in [4.78, 5) is 17.8. The monoisotopic (exact) mass is 766 g/mol. The van der Waals surface area contributed by atoms with Gasteiger partial charge in [0.2, 0.25) is 0 Å². The van der Waals surface area contributed by atoms with Crippen LogP contribution >= 0.6 is 45.3 Å². The minimum Gasteiger partial charge on any atom is -0.461 e. The van der Waals surface area contributed by atoms with Crippen molar-refractivity contribution in [3.05, 3.63) is 90.2 Å². The maximum atomic E-state index is 16.2. The van der Waals surface area contributed by atoms with Crippen LogP contribution in [0.3, 0.4) is 0 Å². The summed E-state index contributed by atoms with van der Waals surface area (Å²) in [6, 6.07) is 13.9. The Labute approximate surface area is 323 Å². The van der Waals surface area contributed by atoms with Gasteiger partial charge in [-0.1, -0.05) is 68.5 Å². The van der Waals surface area contributed by atoms with Crippen LogP contribution in [-0.4, -0.2) is 12.6 Å². The summed E-state index contributed by atoms with van der Waals surface area (Å²) in [5.74, 6) is -0.690. The number of aryl methyl sites for hydroxylation is 8. The Balaban J connectivity index is 1.48. The Hall–Kier alpha value is -3.36. The molecule has 0 aliphatic rings. The van der Waals surface area contributed by atoms with Gasteiger partial charge in [-0.3, -0.25) is 0 Å². The Morgan fingerprint density at radius 2 is 1.25 bits per heavy atom. The molecule has 52 heavy (non-hydrogen) atoms. The summed E-state index contributed by atoms with van der Waals surface area (Å²) in [6.07, 6.45) is 4.16. The highest BCUT2D eigenvalue weighted by atomic mass is 32.1. The molecule has 2 nitrogen and oxygen atoms in total. The van der Waals surface area contributed by atoms with Gasteiger partial charge in [0.15, 0.2) is 5.82 Å². The quantitative estimate of drug-likeness (QED) is 0.130. The average Bonchev–Trinajstić information content (AvgIpc) is 3.84. The van der Waals surface area contributed by atoms with Crippen LogP contribution in [0.25, 0.3) is 62.3 Å². The van der Waals surface area contributed by atoms with Crippen LogP contribution in [0.4, 0.5) is 4.39 Å². The molecule has 0 bridgehead atoms. The lowest BCUT2D eigenvalue weighted by Gasteiger charge is -2.19. The second-order valence-electron chi connectivity index (χ2n) is 14.7. The molecule has 0 spiro atoms. The van der Waals surface area contributed by atoms with E-state index in [0.29, 0.717) is 17.9 Å². The van der Waals surface area contributed by atoms with Crippen LogP contribution in [0.15, 0.2) is 36.4 Å². The predicted molar refractivity (Wildman–Crippen MR) is 228 cm³/mol. The number of rotatable bonds is 10. The summed E-state index contributed by atoms with van der Waals surface area (Å²) < 4.78 is 25.4. The van der Waals surface area contributed by atoms with E-state index in [1.165, 1.54) is 92.0 Å². The van der Waals surface area contributed by atoms with E-state index in [2.05, 4.69) is 98.7 Å². The van der Waals surface area contributed by atoms with Crippen LogP contribution in [0.1, 0.15) is 92.3 Å². The third kappa shape index (κ3) is 6.36. The molecule has 0 fully saturated rings. The summed E-state index contributed by atoms with van der Waals surface area (Å²) >= 11 is 6.56. The molecule has 270 valence electrons. The van der Waals surface area contributed by atoms with Gasteiger partial charge in [-0.25, -0.2) is 9.18 Å². The number of halogens is 1. The third-order valence-corrected chi connectivity index (χ3v) is 15.3. The molecule has 0 saturated carbocycles. The Morgan fingerprint density at radius 3 is 1.81 bits per heavy atom. The molecule has 7 aromatic rings. The van der Waals surface area contributed by atoms with Crippen LogP contribution < -0.4 is 0 Å². The van der Waals surface area contributed by atoms with E-state index in [0.717, 1.165) is 45.0 Å². The fraction of sp³-hybridized carbons (Fsp3) is 0.356. The smallest absolute Gasteiger partial charge is 0.351 e. The van der Waals surface area contributed by atoms with Crippen LogP contribution in [0.5, 0.6) is 0 Å². The van der Waals surface area contributed by atoms with Gasteiger partial charge >= 0.3 is 5.97 Å². The maximum absolute atomic E-state index is 16.2. The summed E-state index contributed by atoms with van der Waals surface area (Å²) in [5.41, 5.74) is 12.8. The average molecular weight is 767 g/mol. The number of hydrogen-bond acceptors (Lipinski definition) is 6. The van der Waals surface area contributed by atoms with Crippen LogP contribution in [-0.2, 0) is 4.74 Å². The Morgan fingerprint density at radius 1 is 0.692 bits per heavy atom. The molecular formula is C45H47FO2S4. The van der Waals surface area contributed by atoms with E-state index < -0.39 is 11.8 Å². The van der Waals surface area contributed by atoms with Crippen molar-refractivity contribution in [2.24, 2.45) is 5.92 Å². The zero-order valence-corrected chi connectivity index (χ0v) is 35.2. The zero-order chi connectivity index (χ0) is 37.2. The van der Waals surface area contributed by atoms with Crippen molar-refractivity contribution in [2.45, 2.75) is 94.9 Å². The van der Waals surface area contributed by atoms with Crippen molar-refractivity contribution >= 4 is 81.6 Å². The lowest BCUT2D eigenvalue weighted by molar-refractivity contribution is 0.0429. The minimum atomic E-state index is -0.545. The number of benzene rings is 3. The van der Waals surface area contributed by atoms with Crippen molar-refractivity contribution < 1.29 is 13.9 Å². The van der Waals surface area contributed by atoms with Crippen molar-refractivity contribution in [1.82, 2.24) is 0 Å². The molecule has 4 heterocycles. The van der Waals surface area contributed by atoms with Crippen molar-refractivity contribution in [2.75, 3.05) is 6.61 Å². The van der Waals surface area contributed by atoms with E-state index in [9.17, 15) is 4.79 Å². The summed E-state index contributed by atoms with van der Waals surface area (Å²) in [6.45, 7) is 22.1. The highest BCUT2D eigenvalue weighted by Gasteiger charge is 2.29. The third-order valence-electron chi connectivity index (χ3n) is 10.5. The molecule has 1 unspecified atom stereocenters. The zero-order valence-electron chi connectivity index (χ0n) is 31.9. The second-order valence-corrected chi connectivity index (χ2v) is 19.3. The van der Waals surface area contributed by atoms with Crippen molar-refractivity contribution in [3.8, 4) is 32.0 Å². The fourth-order valence-corrected chi connectivity index (χ4v) is 13.2. The molecule has 0 aliphatic carbocycles. The number of thiophene rings is 4. The molecule has 0 aliphatic heterocycles. The summed E-state index contributed by atoms with van der Waals surface area (Å²) in [7, 11) is 0. The van der Waals surface area contributed by atoms with E-state index >= 15 is 4.39 Å². The lowest BCUT2D eigenvalue weighted by atomic mass is 9.86. The Kier molecular flexibility index (Phi) is 10.3. The molecule has 7 rings (SSSR count). The first kappa shape index (κ1) is 37.0. The number of carbonyl (C=O) groups excluding carboxylic acids is 1.